The summed E-state index contributed by atoms with van der Waals surface area (Å²) in [6.07, 6.45) is 5.29. The highest BCUT2D eigenvalue weighted by atomic mass is 16.6. The zero-order chi connectivity index (χ0) is 24.4. The summed E-state index contributed by atoms with van der Waals surface area (Å²) in [6, 6.07) is 16.7. The Balaban J connectivity index is 1.29. The molecule has 0 unspecified atom stereocenters. The molecule has 3 heterocycles. The summed E-state index contributed by atoms with van der Waals surface area (Å²) in [4.78, 5) is 21.7. The van der Waals surface area contributed by atoms with Gasteiger partial charge in [0.2, 0.25) is 0 Å². The van der Waals surface area contributed by atoms with Crippen molar-refractivity contribution in [3.05, 3.63) is 67.4 Å². The molecule has 1 saturated heterocycles. The smallest absolute Gasteiger partial charge is 0.359 e. The monoisotopic (exact) mass is 474 g/mol. The van der Waals surface area contributed by atoms with Crippen LogP contribution in [0.2, 0.25) is 0 Å². The van der Waals surface area contributed by atoms with Crippen LogP contribution < -0.4 is 4.90 Å². The third kappa shape index (κ3) is 4.60. The predicted octanol–water partition coefficient (Wildman–Crippen LogP) is 4.18. The van der Waals surface area contributed by atoms with Crippen molar-refractivity contribution in [2.75, 3.05) is 50.7 Å². The van der Waals surface area contributed by atoms with E-state index in [4.69, 9.17) is 4.42 Å². The summed E-state index contributed by atoms with van der Waals surface area (Å²) >= 11 is 0. The van der Waals surface area contributed by atoms with Gasteiger partial charge in [-0.05, 0) is 55.8 Å². The van der Waals surface area contributed by atoms with Crippen LogP contribution >= 0.6 is 0 Å². The Bertz CT molecular complexity index is 1300. The van der Waals surface area contributed by atoms with Crippen molar-refractivity contribution >= 4 is 22.6 Å². The number of likely N-dealkylation sites (N-methyl/N-ethyl adjacent to an activating group) is 1. The third-order valence-corrected chi connectivity index (χ3v) is 7.12. The highest BCUT2D eigenvalue weighted by Crippen LogP contribution is 2.27. The molecule has 0 radical (unpaired) electrons. The molecule has 4 aromatic rings. The molecule has 0 bridgehead atoms. The van der Waals surface area contributed by atoms with Crippen LogP contribution in [0.4, 0.5) is 5.69 Å². The molecule has 2 aromatic carbocycles. The molecule has 1 N–H and O–H groups in total. The number of quaternary nitrogens is 1. The molecule has 1 aliphatic heterocycles. The van der Waals surface area contributed by atoms with Gasteiger partial charge in [0.25, 0.3) is 0 Å². The molecular weight excluding hydrogens is 442 g/mol. The first-order valence-electron chi connectivity index (χ1n) is 12.2. The van der Waals surface area contributed by atoms with Gasteiger partial charge < -0.3 is 9.32 Å². The lowest BCUT2D eigenvalue weighted by Crippen LogP contribution is -2.56. The molecule has 8 heteroatoms. The lowest BCUT2D eigenvalue weighted by Gasteiger charge is -2.36. The first-order valence-corrected chi connectivity index (χ1v) is 12.2. The van der Waals surface area contributed by atoms with Crippen molar-refractivity contribution in [3.63, 3.8) is 0 Å². The Morgan fingerprint density at radius 2 is 1.77 bits per heavy atom. The second-order valence-corrected chi connectivity index (χ2v) is 9.06. The number of furan rings is 1. The van der Waals surface area contributed by atoms with Crippen LogP contribution in [-0.4, -0.2) is 76.0 Å². The van der Waals surface area contributed by atoms with Gasteiger partial charge in [-0.3, -0.25) is 9.47 Å². The topological polar surface area (TPSA) is 74.7 Å². The Kier molecular flexibility index (Phi) is 6.42. The van der Waals surface area contributed by atoms with E-state index in [1.165, 1.54) is 0 Å². The maximum atomic E-state index is 12.6. The number of hydrogen-bond acceptors (Lipinski definition) is 6. The molecule has 5 rings (SSSR count). The molecule has 0 atom stereocenters. The minimum absolute atomic E-state index is 0.131. The van der Waals surface area contributed by atoms with E-state index in [0.29, 0.717) is 13.1 Å². The van der Waals surface area contributed by atoms with Crippen LogP contribution in [0.15, 0.2) is 71.8 Å². The summed E-state index contributed by atoms with van der Waals surface area (Å²) in [5.41, 5.74) is 6.32. The number of anilines is 1. The Morgan fingerprint density at radius 1 is 1.00 bits per heavy atom. The molecule has 1 fully saturated rings. The second kappa shape index (κ2) is 9.65. The molecule has 182 valence electrons. The number of nitrogens with zero attached hydrogens (tertiary/aromatic N) is 5. The highest BCUT2D eigenvalue weighted by molar-refractivity contribution is 5.83. The van der Waals surface area contributed by atoms with Gasteiger partial charge in [0.1, 0.15) is 26.0 Å². The van der Waals surface area contributed by atoms with Crippen LogP contribution in [0.5, 0.6) is 0 Å². The average Bonchev–Trinajstić information content (AvgIpc) is 3.59. The SMILES string of the molecule is CC[N+](O)(CC)C(=O)CN1CCN(c2cccc(-n3cnc4cc(-c5ccoc5)ccc43)c2)CC1. The zero-order valence-corrected chi connectivity index (χ0v) is 20.3. The predicted molar refractivity (Wildman–Crippen MR) is 136 cm³/mol. The normalized spacial score (nSPS) is 15.1. The number of piperazine rings is 1. The first kappa shape index (κ1) is 23.3. The molecule has 2 aromatic heterocycles. The fraction of sp³-hybridized carbons (Fsp3) is 0.333. The van der Waals surface area contributed by atoms with Gasteiger partial charge in [0.15, 0.2) is 0 Å². The van der Waals surface area contributed by atoms with Crippen LogP contribution in [0.3, 0.4) is 0 Å². The Labute approximate surface area is 205 Å². The summed E-state index contributed by atoms with van der Waals surface area (Å²) in [5.74, 6) is -0.131. The van der Waals surface area contributed by atoms with Crippen molar-refractivity contribution in [1.82, 2.24) is 14.5 Å². The maximum Gasteiger partial charge on any atom is 0.359 e. The fourth-order valence-corrected chi connectivity index (χ4v) is 4.73. The number of imidazole rings is 1. The molecule has 35 heavy (non-hydrogen) atoms. The fourth-order valence-electron chi connectivity index (χ4n) is 4.73. The van der Waals surface area contributed by atoms with Gasteiger partial charge in [-0.1, -0.05) is 12.1 Å². The van der Waals surface area contributed by atoms with Crippen LogP contribution in [0.1, 0.15) is 13.8 Å². The molecule has 0 spiro atoms. The van der Waals surface area contributed by atoms with E-state index in [9.17, 15) is 10.0 Å². The number of hydroxylamine groups is 3. The largest absolute Gasteiger partial charge is 0.472 e. The number of carbonyl (C=O) groups is 1. The summed E-state index contributed by atoms with van der Waals surface area (Å²) in [5, 5.41) is 10.5. The molecule has 0 aliphatic carbocycles. The Morgan fingerprint density at radius 3 is 2.49 bits per heavy atom. The van der Waals surface area contributed by atoms with E-state index in [1.807, 2.05) is 26.2 Å². The number of fused-ring (bicyclic) bond motifs is 1. The molecule has 0 saturated carbocycles. The van der Waals surface area contributed by atoms with E-state index in [-0.39, 0.29) is 12.5 Å². The standard InChI is InChI=1S/C27H32N5O3/c1-3-32(34,4-2)27(33)18-29-11-13-30(14-12-29)23-6-5-7-24(17-23)31-20-28-25-16-21(8-9-26(25)31)22-10-15-35-19-22/h5-10,15-17,19-20,34H,3-4,11-14,18H2,1-2H3/q+1. The molecule has 8 nitrogen and oxygen atoms in total. The van der Waals surface area contributed by atoms with Gasteiger partial charge in [-0.2, -0.15) is 0 Å². The van der Waals surface area contributed by atoms with E-state index >= 15 is 0 Å². The van der Waals surface area contributed by atoms with E-state index in [0.717, 1.165) is 59.7 Å². The minimum Gasteiger partial charge on any atom is -0.472 e. The van der Waals surface area contributed by atoms with Crippen molar-refractivity contribution < 1.29 is 19.1 Å². The second-order valence-electron chi connectivity index (χ2n) is 9.06. The number of carbonyl (C=O) groups excluding carboxylic acids is 1. The zero-order valence-electron chi connectivity index (χ0n) is 20.3. The van der Waals surface area contributed by atoms with Crippen LogP contribution in [-0.2, 0) is 4.79 Å². The molecule has 1 aliphatic rings. The van der Waals surface area contributed by atoms with Crippen LogP contribution in [0, 0.1) is 0 Å². The lowest BCUT2D eigenvalue weighted by atomic mass is 10.1. The van der Waals surface area contributed by atoms with Crippen LogP contribution in [0.25, 0.3) is 27.8 Å². The minimum atomic E-state index is -0.495. The molecular formula is C27H32N5O3+. The maximum absolute atomic E-state index is 12.6. The van der Waals surface area contributed by atoms with Crippen molar-refractivity contribution in [3.8, 4) is 16.8 Å². The third-order valence-electron chi connectivity index (χ3n) is 7.12. The summed E-state index contributed by atoms with van der Waals surface area (Å²) in [6.45, 7) is 8.00. The Hall–Kier alpha value is -3.46. The number of rotatable bonds is 7. The van der Waals surface area contributed by atoms with Gasteiger partial charge in [-0.15, -0.1) is 4.65 Å². The van der Waals surface area contributed by atoms with Gasteiger partial charge in [-0.25, -0.2) is 15.0 Å². The van der Waals surface area contributed by atoms with Gasteiger partial charge >= 0.3 is 5.91 Å². The van der Waals surface area contributed by atoms with Crippen molar-refractivity contribution in [1.29, 1.82) is 0 Å². The number of benzene rings is 2. The van der Waals surface area contributed by atoms with E-state index in [2.05, 4.69) is 61.8 Å². The summed E-state index contributed by atoms with van der Waals surface area (Å²) in [7, 11) is 0. The highest BCUT2D eigenvalue weighted by Gasteiger charge is 2.33. The van der Waals surface area contributed by atoms with Gasteiger partial charge in [0, 0.05) is 43.1 Å². The quantitative estimate of drug-likeness (QED) is 0.246. The van der Waals surface area contributed by atoms with Gasteiger partial charge in [0.05, 0.1) is 23.6 Å². The first-order chi connectivity index (χ1) is 17.0. The number of aromatic nitrogens is 2. The van der Waals surface area contributed by atoms with E-state index < -0.39 is 4.65 Å². The van der Waals surface area contributed by atoms with E-state index in [1.54, 1.807) is 12.5 Å². The number of amides is 1. The lowest BCUT2D eigenvalue weighted by molar-refractivity contribution is -1.04. The average molecular weight is 475 g/mol. The molecule has 1 amide bonds. The number of hydrogen-bond donors (Lipinski definition) is 1. The summed E-state index contributed by atoms with van der Waals surface area (Å²) < 4.78 is 6.83. The van der Waals surface area contributed by atoms with Crippen molar-refractivity contribution in [2.24, 2.45) is 0 Å². The van der Waals surface area contributed by atoms with Crippen molar-refractivity contribution in [2.45, 2.75) is 13.8 Å².